The molecule has 0 spiro atoms. The van der Waals surface area contributed by atoms with E-state index in [1.165, 1.54) is 12.2 Å². The molecule has 0 heterocycles. The maximum atomic E-state index is 11.3. The first-order chi connectivity index (χ1) is 11.5. The summed E-state index contributed by atoms with van der Waals surface area (Å²) < 4.78 is 32.4. The topological polar surface area (TPSA) is 52.6 Å². The molecule has 1 aromatic rings. The largest absolute Gasteiger partial charge is 0.428 e. The van der Waals surface area contributed by atoms with Crippen LogP contribution < -0.4 is 0 Å². The van der Waals surface area contributed by atoms with Crippen molar-refractivity contribution in [1.82, 2.24) is 0 Å². The zero-order valence-corrected chi connectivity index (χ0v) is 18.0. The fourth-order valence-corrected chi connectivity index (χ4v) is 3.49. The number of hydrogen-bond acceptors (Lipinski definition) is 4. The molecule has 0 saturated heterocycles. The summed E-state index contributed by atoms with van der Waals surface area (Å²) in [4.78, 5) is 0. The Hall–Kier alpha value is -0.340. The molecule has 0 bridgehead atoms. The van der Waals surface area contributed by atoms with Gasteiger partial charge in [0.25, 0.3) is 0 Å². The third-order valence-corrected chi connectivity index (χ3v) is 4.34. The molecule has 0 atom stereocenters. The van der Waals surface area contributed by atoms with E-state index in [-0.39, 0.29) is 12.2 Å². The SMILES string of the molecule is CC(C)=C1CC(OP(=O)(Cl)Cl)=CC=C1OP(=O)(Cl)Cl.[c]1cc[c]cc1. The third-order valence-electron chi connectivity index (χ3n) is 2.65. The Morgan fingerprint density at radius 1 is 0.920 bits per heavy atom. The Morgan fingerprint density at radius 3 is 1.76 bits per heavy atom. The number of hydrogen-bond donors (Lipinski definition) is 0. The Balaban J connectivity index is 0.000000435. The van der Waals surface area contributed by atoms with Gasteiger partial charge in [-0.15, -0.1) is 0 Å². The zero-order valence-electron chi connectivity index (χ0n) is 13.2. The van der Waals surface area contributed by atoms with E-state index in [9.17, 15) is 9.13 Å². The van der Waals surface area contributed by atoms with Gasteiger partial charge in [-0.05, 0) is 38.1 Å². The molecule has 2 rings (SSSR count). The monoisotopic (exact) mass is 460 g/mol. The second-order valence-electron chi connectivity index (χ2n) is 4.83. The van der Waals surface area contributed by atoms with Gasteiger partial charge in [0.1, 0.15) is 11.5 Å². The summed E-state index contributed by atoms with van der Waals surface area (Å²) in [5.74, 6) is 0.565. The van der Waals surface area contributed by atoms with Gasteiger partial charge in [-0.1, -0.05) is 29.8 Å². The highest BCUT2D eigenvalue weighted by molar-refractivity contribution is 8.05. The highest BCUT2D eigenvalue weighted by Gasteiger charge is 2.26. The van der Waals surface area contributed by atoms with Gasteiger partial charge in [0, 0.05) is 57.0 Å². The van der Waals surface area contributed by atoms with Crippen LogP contribution in [0.3, 0.4) is 0 Å². The van der Waals surface area contributed by atoms with Crippen LogP contribution in [0.15, 0.2) is 59.1 Å². The van der Waals surface area contributed by atoms with Crippen LogP contribution in [-0.4, -0.2) is 0 Å². The van der Waals surface area contributed by atoms with Crippen LogP contribution >= 0.6 is 57.1 Å². The first-order valence-electron chi connectivity index (χ1n) is 6.75. The summed E-state index contributed by atoms with van der Waals surface area (Å²) >= 11 is 21.4. The van der Waals surface area contributed by atoms with Crippen molar-refractivity contribution in [1.29, 1.82) is 0 Å². The number of rotatable bonds is 4. The number of allylic oxidation sites excluding steroid dienone is 5. The van der Waals surface area contributed by atoms with Crippen molar-refractivity contribution in [2.24, 2.45) is 0 Å². The third kappa shape index (κ3) is 10.4. The van der Waals surface area contributed by atoms with Gasteiger partial charge in [0.05, 0.1) is 0 Å². The Labute approximate surface area is 166 Å². The Morgan fingerprint density at radius 2 is 1.40 bits per heavy atom. The van der Waals surface area contributed by atoms with Crippen LogP contribution in [0, 0.1) is 12.1 Å². The van der Waals surface area contributed by atoms with Crippen LogP contribution in [0.1, 0.15) is 20.3 Å². The van der Waals surface area contributed by atoms with Crippen LogP contribution in [0.5, 0.6) is 0 Å². The molecule has 0 unspecified atom stereocenters. The Bertz CT molecular complexity index is 732. The summed E-state index contributed by atoms with van der Waals surface area (Å²) in [5, 5.41) is 0. The minimum Gasteiger partial charge on any atom is -0.426 e. The van der Waals surface area contributed by atoms with E-state index in [0.717, 1.165) is 5.57 Å². The minimum absolute atomic E-state index is 0.228. The minimum atomic E-state index is -3.71. The normalized spacial score (nSPS) is 14.6. The van der Waals surface area contributed by atoms with Gasteiger partial charge in [0.15, 0.2) is 0 Å². The first-order valence-corrected chi connectivity index (χ1v) is 13.6. The lowest BCUT2D eigenvalue weighted by Gasteiger charge is -2.21. The van der Waals surface area contributed by atoms with Gasteiger partial charge in [-0.2, -0.15) is 0 Å². The molecule has 1 aromatic carbocycles. The number of halogens is 4. The predicted octanol–water partition coefficient (Wildman–Crippen LogP) is 7.99. The molecule has 1 aliphatic carbocycles. The molecule has 0 fully saturated rings. The highest BCUT2D eigenvalue weighted by atomic mass is 35.9. The van der Waals surface area contributed by atoms with Gasteiger partial charge >= 0.3 is 12.1 Å². The van der Waals surface area contributed by atoms with Crippen LogP contribution in [0.25, 0.3) is 0 Å². The van der Waals surface area contributed by atoms with Gasteiger partial charge in [-0.3, -0.25) is 0 Å². The molecule has 0 aliphatic heterocycles. The standard InChI is InChI=1S/C9H10Cl4O4P2.C6H4/c1-6(2)8-5-7(16-18(10,11)14)3-4-9(8)17-19(12,13)15;1-2-4-6-5-3-1/h3-4H,5H2,1-2H3;1-2,5-6H. The molecule has 0 saturated carbocycles. The van der Waals surface area contributed by atoms with E-state index < -0.39 is 12.1 Å². The summed E-state index contributed by atoms with van der Waals surface area (Å²) in [6.07, 6.45) is -4.26. The van der Waals surface area contributed by atoms with Crippen molar-refractivity contribution in [2.45, 2.75) is 20.3 Å². The molecule has 0 N–H and O–H groups in total. The van der Waals surface area contributed by atoms with E-state index in [4.69, 9.17) is 54.0 Å². The molecule has 25 heavy (non-hydrogen) atoms. The van der Waals surface area contributed by atoms with E-state index >= 15 is 0 Å². The zero-order chi connectivity index (χ0) is 19.1. The summed E-state index contributed by atoms with van der Waals surface area (Å²) in [6, 6.07) is 13.0. The van der Waals surface area contributed by atoms with Gasteiger partial charge in [-0.25, -0.2) is 9.13 Å². The van der Waals surface area contributed by atoms with Crippen molar-refractivity contribution in [2.75, 3.05) is 0 Å². The van der Waals surface area contributed by atoms with E-state index in [1.54, 1.807) is 0 Å². The van der Waals surface area contributed by atoms with Crippen molar-refractivity contribution in [3.63, 3.8) is 0 Å². The average Bonchev–Trinajstić information content (AvgIpc) is 2.48. The molecule has 2 radical (unpaired) electrons. The smallest absolute Gasteiger partial charge is 0.426 e. The maximum Gasteiger partial charge on any atom is 0.428 e. The quantitative estimate of drug-likeness (QED) is 0.426. The maximum absolute atomic E-state index is 11.3. The molecule has 0 aromatic heterocycles. The molecule has 10 heteroatoms. The van der Waals surface area contributed by atoms with Crippen molar-refractivity contribution in [3.8, 4) is 0 Å². The predicted molar refractivity (Wildman–Crippen MR) is 104 cm³/mol. The van der Waals surface area contributed by atoms with Crippen LogP contribution in [-0.2, 0) is 18.2 Å². The lowest BCUT2D eigenvalue weighted by molar-refractivity contribution is 0.399. The second kappa shape index (κ2) is 10.1. The average molecular weight is 462 g/mol. The molecule has 136 valence electrons. The van der Waals surface area contributed by atoms with Gasteiger partial charge in [0.2, 0.25) is 0 Å². The number of benzene rings is 1. The fraction of sp³-hybridized carbons (Fsp3) is 0.200. The van der Waals surface area contributed by atoms with E-state index in [1.807, 2.05) is 38.1 Å². The van der Waals surface area contributed by atoms with Crippen molar-refractivity contribution in [3.05, 3.63) is 71.2 Å². The van der Waals surface area contributed by atoms with Crippen LogP contribution in [0.4, 0.5) is 0 Å². The first kappa shape index (κ1) is 22.7. The second-order valence-corrected chi connectivity index (χ2v) is 13.2. The molecule has 1 aliphatic rings. The van der Waals surface area contributed by atoms with Crippen molar-refractivity contribution < 1.29 is 18.2 Å². The van der Waals surface area contributed by atoms with Crippen LogP contribution in [0.2, 0.25) is 0 Å². The lowest BCUT2D eigenvalue weighted by atomic mass is 10.00. The lowest BCUT2D eigenvalue weighted by Crippen LogP contribution is -2.02. The highest BCUT2D eigenvalue weighted by Crippen LogP contribution is 2.62. The summed E-state index contributed by atoms with van der Waals surface area (Å²) in [6.45, 7) is 3.62. The van der Waals surface area contributed by atoms with Gasteiger partial charge < -0.3 is 9.05 Å². The molecule has 4 nitrogen and oxygen atoms in total. The molecule has 0 amide bonds. The fourth-order valence-electron chi connectivity index (χ4n) is 1.72. The Kier molecular flexibility index (Phi) is 9.18. The summed E-state index contributed by atoms with van der Waals surface area (Å²) in [7, 11) is 0. The summed E-state index contributed by atoms with van der Waals surface area (Å²) in [5.41, 5.74) is 1.52. The van der Waals surface area contributed by atoms with E-state index in [0.29, 0.717) is 11.3 Å². The van der Waals surface area contributed by atoms with Crippen molar-refractivity contribution >= 4 is 57.1 Å². The molecular weight excluding hydrogens is 448 g/mol. The molecular formula is C15H14Cl4O4P2. The van der Waals surface area contributed by atoms with E-state index in [2.05, 4.69) is 12.1 Å².